The molecule has 0 aliphatic heterocycles. The number of benzene rings is 2. The molecular formula is C20H20FN3OS. The van der Waals surface area contributed by atoms with Gasteiger partial charge in [-0.05, 0) is 43.7 Å². The molecule has 0 atom stereocenters. The second kappa shape index (κ2) is 8.27. The van der Waals surface area contributed by atoms with Crippen LogP contribution in [-0.4, -0.2) is 28.2 Å². The van der Waals surface area contributed by atoms with Gasteiger partial charge in [0.1, 0.15) is 5.82 Å². The monoisotopic (exact) mass is 369 g/mol. The Morgan fingerprint density at radius 1 is 1.08 bits per heavy atom. The number of aryl methyl sites for hydroxylation is 2. The van der Waals surface area contributed by atoms with E-state index in [-0.39, 0.29) is 11.7 Å². The van der Waals surface area contributed by atoms with Gasteiger partial charge in [0.25, 0.3) is 5.91 Å². The van der Waals surface area contributed by atoms with E-state index in [0.29, 0.717) is 29.2 Å². The Labute approximate surface area is 156 Å². The third kappa shape index (κ3) is 4.38. The summed E-state index contributed by atoms with van der Waals surface area (Å²) in [5.74, 6) is 0.976. The zero-order valence-electron chi connectivity index (χ0n) is 14.8. The Morgan fingerprint density at radius 3 is 2.58 bits per heavy atom. The zero-order chi connectivity index (χ0) is 18.5. The van der Waals surface area contributed by atoms with E-state index < -0.39 is 0 Å². The van der Waals surface area contributed by atoms with E-state index in [1.807, 2.05) is 26.0 Å². The highest BCUT2D eigenvalue weighted by Gasteiger charge is 2.08. The van der Waals surface area contributed by atoms with Crippen LogP contribution in [-0.2, 0) is 5.75 Å². The van der Waals surface area contributed by atoms with E-state index in [1.54, 1.807) is 36.0 Å². The number of fused-ring (bicyclic) bond motifs is 1. The lowest BCUT2D eigenvalue weighted by molar-refractivity contribution is 0.0956. The van der Waals surface area contributed by atoms with Gasteiger partial charge in [0.2, 0.25) is 0 Å². The number of aromatic nitrogens is 2. The minimum Gasteiger partial charge on any atom is -0.351 e. The Morgan fingerprint density at radius 2 is 1.81 bits per heavy atom. The van der Waals surface area contributed by atoms with Gasteiger partial charge in [-0.1, -0.05) is 18.2 Å². The Bertz CT molecular complexity index is 945. The molecule has 1 N–H and O–H groups in total. The molecule has 0 saturated heterocycles. The minimum atomic E-state index is -0.188. The van der Waals surface area contributed by atoms with Crippen LogP contribution in [0.15, 0.2) is 42.5 Å². The van der Waals surface area contributed by atoms with Gasteiger partial charge < -0.3 is 5.32 Å². The molecule has 0 spiro atoms. The van der Waals surface area contributed by atoms with E-state index in [1.165, 1.54) is 6.07 Å². The van der Waals surface area contributed by atoms with Crippen molar-refractivity contribution in [1.82, 2.24) is 15.3 Å². The molecular weight excluding hydrogens is 349 g/mol. The van der Waals surface area contributed by atoms with Gasteiger partial charge in [-0.3, -0.25) is 4.79 Å². The first kappa shape index (κ1) is 18.3. The molecule has 134 valence electrons. The summed E-state index contributed by atoms with van der Waals surface area (Å²) in [5.41, 5.74) is 4.50. The summed E-state index contributed by atoms with van der Waals surface area (Å²) in [7, 11) is 0. The summed E-state index contributed by atoms with van der Waals surface area (Å²) in [6.07, 6.45) is 0. The average Bonchev–Trinajstić information content (AvgIpc) is 2.63. The van der Waals surface area contributed by atoms with Crippen molar-refractivity contribution < 1.29 is 9.18 Å². The third-order valence-corrected chi connectivity index (χ3v) is 5.09. The van der Waals surface area contributed by atoms with Crippen LogP contribution >= 0.6 is 11.8 Å². The lowest BCUT2D eigenvalue weighted by Crippen LogP contribution is -2.25. The minimum absolute atomic E-state index is 0.140. The fourth-order valence-electron chi connectivity index (χ4n) is 2.51. The van der Waals surface area contributed by atoms with Gasteiger partial charge in [-0.25, -0.2) is 14.4 Å². The molecule has 6 heteroatoms. The fourth-order valence-corrected chi connectivity index (χ4v) is 3.35. The quantitative estimate of drug-likeness (QED) is 0.666. The number of rotatable bonds is 6. The number of nitrogens with one attached hydrogen (secondary N) is 1. The van der Waals surface area contributed by atoms with Crippen LogP contribution in [0.5, 0.6) is 0 Å². The molecule has 0 bridgehead atoms. The number of amides is 1. The van der Waals surface area contributed by atoms with E-state index in [9.17, 15) is 9.18 Å². The summed E-state index contributed by atoms with van der Waals surface area (Å²) in [6, 6.07) is 12.1. The second-order valence-electron chi connectivity index (χ2n) is 6.00. The van der Waals surface area contributed by atoms with Crippen molar-refractivity contribution in [3.63, 3.8) is 0 Å². The van der Waals surface area contributed by atoms with Gasteiger partial charge in [0.05, 0.1) is 22.4 Å². The predicted molar refractivity (Wildman–Crippen MR) is 104 cm³/mol. The fraction of sp³-hybridized carbons (Fsp3) is 0.250. The largest absolute Gasteiger partial charge is 0.351 e. The van der Waals surface area contributed by atoms with Crippen LogP contribution < -0.4 is 5.32 Å². The number of nitrogens with zero attached hydrogens (tertiary/aromatic N) is 2. The van der Waals surface area contributed by atoms with Crippen molar-refractivity contribution in [3.05, 3.63) is 70.8 Å². The molecule has 0 fully saturated rings. The van der Waals surface area contributed by atoms with Crippen molar-refractivity contribution in [2.45, 2.75) is 19.6 Å². The first-order valence-corrected chi connectivity index (χ1v) is 9.54. The Hall–Kier alpha value is -2.47. The lowest BCUT2D eigenvalue weighted by atomic mass is 10.1. The van der Waals surface area contributed by atoms with Crippen molar-refractivity contribution in [2.24, 2.45) is 0 Å². The van der Waals surface area contributed by atoms with Crippen molar-refractivity contribution in [1.29, 1.82) is 0 Å². The highest BCUT2D eigenvalue weighted by Crippen LogP contribution is 2.16. The summed E-state index contributed by atoms with van der Waals surface area (Å²) in [5, 5.41) is 2.89. The topological polar surface area (TPSA) is 54.9 Å². The number of halogens is 1. The molecule has 4 nitrogen and oxygen atoms in total. The number of thioether (sulfide) groups is 1. The molecule has 0 saturated carbocycles. The van der Waals surface area contributed by atoms with Crippen molar-refractivity contribution in [3.8, 4) is 0 Å². The first-order chi connectivity index (χ1) is 12.5. The van der Waals surface area contributed by atoms with Crippen LogP contribution in [0, 0.1) is 19.7 Å². The van der Waals surface area contributed by atoms with Crippen LogP contribution in [0.25, 0.3) is 11.0 Å². The van der Waals surface area contributed by atoms with E-state index in [4.69, 9.17) is 0 Å². The lowest BCUT2D eigenvalue weighted by Gasteiger charge is -2.07. The first-order valence-electron chi connectivity index (χ1n) is 8.39. The molecule has 0 unspecified atom stereocenters. The summed E-state index contributed by atoms with van der Waals surface area (Å²) in [4.78, 5) is 21.3. The molecule has 1 amide bonds. The standard InChI is InChI=1S/C20H20FN3OS/c1-13-14(2)24-19-11-15(7-8-18(19)23-13)20(25)22-9-10-26-12-16-5-3-4-6-17(16)21/h3-8,11H,9-10,12H2,1-2H3,(H,22,25). The highest BCUT2D eigenvalue weighted by molar-refractivity contribution is 7.98. The maximum atomic E-state index is 13.5. The third-order valence-electron chi connectivity index (χ3n) is 4.08. The highest BCUT2D eigenvalue weighted by atomic mass is 32.2. The maximum absolute atomic E-state index is 13.5. The van der Waals surface area contributed by atoms with Gasteiger partial charge >= 0.3 is 0 Å². The number of carbonyl (C=O) groups is 1. The number of hydrogen-bond donors (Lipinski definition) is 1. The van der Waals surface area contributed by atoms with E-state index in [2.05, 4.69) is 15.3 Å². The summed E-state index contributed by atoms with van der Waals surface area (Å²) < 4.78 is 13.5. The number of carbonyl (C=O) groups excluding carboxylic acids is 1. The SMILES string of the molecule is Cc1nc2ccc(C(=O)NCCSCc3ccccc3F)cc2nc1C. The van der Waals surface area contributed by atoms with Gasteiger partial charge in [0.15, 0.2) is 0 Å². The second-order valence-corrected chi connectivity index (χ2v) is 7.10. The molecule has 26 heavy (non-hydrogen) atoms. The van der Waals surface area contributed by atoms with E-state index >= 15 is 0 Å². The van der Waals surface area contributed by atoms with Crippen molar-refractivity contribution in [2.75, 3.05) is 12.3 Å². The van der Waals surface area contributed by atoms with Crippen LogP contribution in [0.3, 0.4) is 0 Å². The smallest absolute Gasteiger partial charge is 0.251 e. The zero-order valence-corrected chi connectivity index (χ0v) is 15.6. The number of hydrogen-bond acceptors (Lipinski definition) is 4. The predicted octanol–water partition coefficient (Wildman–Crippen LogP) is 4.05. The summed E-state index contributed by atoms with van der Waals surface area (Å²) >= 11 is 1.59. The molecule has 0 aliphatic carbocycles. The van der Waals surface area contributed by atoms with E-state index in [0.717, 1.165) is 22.4 Å². The van der Waals surface area contributed by atoms with Gasteiger partial charge in [-0.2, -0.15) is 11.8 Å². The molecule has 0 aliphatic rings. The molecule has 0 radical (unpaired) electrons. The maximum Gasteiger partial charge on any atom is 0.251 e. The van der Waals surface area contributed by atoms with Gasteiger partial charge in [-0.15, -0.1) is 0 Å². The van der Waals surface area contributed by atoms with Crippen molar-refractivity contribution >= 4 is 28.7 Å². The van der Waals surface area contributed by atoms with Gasteiger partial charge in [0, 0.05) is 23.6 Å². The Balaban J connectivity index is 1.53. The normalized spacial score (nSPS) is 10.9. The van der Waals surface area contributed by atoms with Crippen LogP contribution in [0.2, 0.25) is 0 Å². The van der Waals surface area contributed by atoms with Crippen LogP contribution in [0.4, 0.5) is 4.39 Å². The summed E-state index contributed by atoms with van der Waals surface area (Å²) in [6.45, 7) is 4.34. The van der Waals surface area contributed by atoms with Crippen LogP contribution in [0.1, 0.15) is 27.3 Å². The molecule has 2 aromatic carbocycles. The Kier molecular flexibility index (Phi) is 5.83. The molecule has 1 heterocycles. The molecule has 1 aromatic heterocycles. The molecule has 3 rings (SSSR count). The average molecular weight is 369 g/mol. The molecule has 3 aromatic rings.